The molecule has 0 aliphatic carbocycles. The molecule has 0 aromatic heterocycles. The maximum atomic E-state index is 3.25. The van der Waals surface area contributed by atoms with Crippen LogP contribution in [0.5, 0.6) is 0 Å². The second kappa shape index (κ2) is 426. The topological polar surface area (TPSA) is 0 Å². The van der Waals surface area contributed by atoms with Gasteiger partial charge in [0.25, 0.3) is 0 Å². The molecule has 0 nitrogen and oxygen atoms in total. The second-order valence-corrected chi connectivity index (χ2v) is 0. The molecule has 1 unspecified atom stereocenters. The normalized spacial score (nSPS) is 2.25. The van der Waals surface area contributed by atoms with Crippen LogP contribution in [0.3, 0.4) is 0 Å². The Morgan fingerprint density at radius 1 is 0.625 bits per heavy atom. The molecule has 0 radical (unpaired) electrons. The van der Waals surface area contributed by atoms with Gasteiger partial charge >= 0.3 is 17.1 Å². The van der Waals surface area contributed by atoms with Crippen LogP contribution in [0.1, 0.15) is 20.8 Å². The van der Waals surface area contributed by atoms with E-state index in [1.165, 1.54) is 0 Å². The zero-order valence-electron chi connectivity index (χ0n) is 6.21. The van der Waals surface area contributed by atoms with Crippen molar-refractivity contribution < 1.29 is 17.1 Å². The van der Waals surface area contributed by atoms with Gasteiger partial charge in [-0.05, 0) is 0 Å². The summed E-state index contributed by atoms with van der Waals surface area (Å²) in [7, 11) is 0. The fraction of sp³-hybridized carbons (Fsp3) is 0.500. The largest absolute Gasteiger partial charge is 3.00 e. The zero-order chi connectivity index (χ0) is 6.00. The summed E-state index contributed by atoms with van der Waals surface area (Å²) in [5.74, 6) is 0. The molecule has 0 aliphatic rings. The molecule has 0 N–H and O–H groups in total. The van der Waals surface area contributed by atoms with Crippen LogP contribution in [0.25, 0.3) is 0 Å². The van der Waals surface area contributed by atoms with Gasteiger partial charge in [0, 0.05) is 0 Å². The van der Waals surface area contributed by atoms with Crippen molar-refractivity contribution in [3.63, 3.8) is 0 Å². The summed E-state index contributed by atoms with van der Waals surface area (Å²) in [4.78, 5) is 0. The van der Waals surface area contributed by atoms with Crippen molar-refractivity contribution in [3.05, 3.63) is 20.8 Å². The van der Waals surface area contributed by atoms with E-state index >= 15 is 0 Å². The standard InChI is InChI=1S/3C2H5.Mn.H3P/c3*1-2;;/h3*1H2,2H3;;1H3/q3*-1;+3;. The SMILES string of the molecule is P.[CH2-]C.[CH2-]C.[CH2-]C.[Mn+3]. The molecule has 0 rings (SSSR count). The number of hydrogen-bond donors (Lipinski definition) is 0. The Morgan fingerprint density at radius 2 is 0.625 bits per heavy atom. The summed E-state index contributed by atoms with van der Waals surface area (Å²) >= 11 is 0. The third kappa shape index (κ3) is 273. The molecule has 1 atom stereocenters. The molecule has 0 fully saturated rings. The summed E-state index contributed by atoms with van der Waals surface area (Å²) < 4.78 is 0. The zero-order valence-corrected chi connectivity index (χ0v) is 8.80. The van der Waals surface area contributed by atoms with Gasteiger partial charge < -0.3 is 20.8 Å². The molecule has 0 aromatic carbocycles. The molecule has 2 heteroatoms. The summed E-state index contributed by atoms with van der Waals surface area (Å²) in [6.07, 6.45) is 0. The van der Waals surface area contributed by atoms with Crippen molar-refractivity contribution in [3.8, 4) is 0 Å². The summed E-state index contributed by atoms with van der Waals surface area (Å²) in [5, 5.41) is 0. The maximum Gasteiger partial charge on any atom is 3.00 e. The first kappa shape index (κ1) is 36.3. The van der Waals surface area contributed by atoms with E-state index in [4.69, 9.17) is 0 Å². The van der Waals surface area contributed by atoms with Crippen molar-refractivity contribution in [1.82, 2.24) is 0 Å². The molecule has 0 spiro atoms. The van der Waals surface area contributed by atoms with Gasteiger partial charge in [-0.1, -0.05) is 0 Å². The fourth-order valence-corrected chi connectivity index (χ4v) is 0. The van der Waals surface area contributed by atoms with E-state index in [-0.39, 0.29) is 27.0 Å². The Bertz CT molecular complexity index is 8.49. The van der Waals surface area contributed by atoms with E-state index in [0.717, 1.165) is 0 Å². The molecule has 0 saturated heterocycles. The van der Waals surface area contributed by atoms with Crippen LogP contribution in [-0.2, 0) is 17.1 Å². The first-order chi connectivity index (χ1) is 3.00. The molecule has 0 saturated carbocycles. The quantitative estimate of drug-likeness (QED) is 0.302. The maximum absolute atomic E-state index is 3.25. The first-order valence-corrected chi connectivity index (χ1v) is 2.12. The summed E-state index contributed by atoms with van der Waals surface area (Å²) in [6, 6.07) is 0. The van der Waals surface area contributed by atoms with Crippen LogP contribution in [0.4, 0.5) is 0 Å². The second-order valence-electron chi connectivity index (χ2n) is 0. The minimum absolute atomic E-state index is 0. The van der Waals surface area contributed by atoms with Crippen molar-refractivity contribution >= 4 is 9.90 Å². The third-order valence-electron chi connectivity index (χ3n) is 0. The van der Waals surface area contributed by atoms with E-state index < -0.39 is 0 Å². The smallest absolute Gasteiger partial charge is 0.346 e. The van der Waals surface area contributed by atoms with Crippen LogP contribution >= 0.6 is 9.90 Å². The van der Waals surface area contributed by atoms with Crippen molar-refractivity contribution in [2.45, 2.75) is 20.8 Å². The molecule has 0 aromatic rings. The number of rotatable bonds is 0. The summed E-state index contributed by atoms with van der Waals surface area (Å²) in [5.41, 5.74) is 0. The minimum Gasteiger partial charge on any atom is -0.346 e. The predicted octanol–water partition coefficient (Wildman–Crippen LogP) is 2.58. The van der Waals surface area contributed by atoms with Gasteiger partial charge in [0.15, 0.2) is 0 Å². The van der Waals surface area contributed by atoms with Crippen LogP contribution in [0.2, 0.25) is 0 Å². The van der Waals surface area contributed by atoms with E-state index in [9.17, 15) is 0 Å². The van der Waals surface area contributed by atoms with Crippen molar-refractivity contribution in [2.75, 3.05) is 0 Å². The Kier molecular flexibility index (Phi) is 1930. The van der Waals surface area contributed by atoms with E-state index in [1.54, 1.807) is 20.8 Å². The van der Waals surface area contributed by atoms with Gasteiger partial charge in [-0.25, -0.2) is 0 Å². The Morgan fingerprint density at radius 3 is 0.625 bits per heavy atom. The van der Waals surface area contributed by atoms with Crippen LogP contribution in [0, 0.1) is 20.8 Å². The molecule has 8 heavy (non-hydrogen) atoms. The molecular weight excluding hydrogens is 158 g/mol. The van der Waals surface area contributed by atoms with E-state index in [2.05, 4.69) is 20.8 Å². The van der Waals surface area contributed by atoms with Gasteiger partial charge in [-0.3, -0.25) is 0 Å². The molecule has 0 aliphatic heterocycles. The van der Waals surface area contributed by atoms with Crippen LogP contribution in [0.15, 0.2) is 0 Å². The predicted molar refractivity (Wildman–Crippen MR) is 44.2 cm³/mol. The van der Waals surface area contributed by atoms with Gasteiger partial charge in [0.2, 0.25) is 0 Å². The average molecular weight is 176 g/mol. The summed E-state index contributed by atoms with van der Waals surface area (Å²) in [6.45, 7) is 15.0. The molecule has 0 amide bonds. The van der Waals surface area contributed by atoms with E-state index in [0.29, 0.717) is 0 Å². The third-order valence-corrected chi connectivity index (χ3v) is 0. The van der Waals surface area contributed by atoms with Crippen molar-refractivity contribution in [1.29, 1.82) is 0 Å². The molecule has 0 bridgehead atoms. The van der Waals surface area contributed by atoms with Gasteiger partial charge in [0.1, 0.15) is 0 Å². The van der Waals surface area contributed by atoms with Crippen LogP contribution in [-0.4, -0.2) is 0 Å². The fourth-order valence-electron chi connectivity index (χ4n) is 0. The van der Waals surface area contributed by atoms with Crippen molar-refractivity contribution in [2.24, 2.45) is 0 Å². The first-order valence-electron chi connectivity index (χ1n) is 2.12. The Hall–Kier alpha value is 0.949. The Balaban J connectivity index is -0.00000000500. The van der Waals surface area contributed by atoms with Gasteiger partial charge in [-0.15, -0.1) is 0 Å². The minimum atomic E-state index is 0. The van der Waals surface area contributed by atoms with Crippen LogP contribution < -0.4 is 0 Å². The monoisotopic (exact) mass is 176 g/mol. The molecular formula is C6H18MnP. The van der Waals surface area contributed by atoms with Gasteiger partial charge in [-0.2, -0.15) is 30.7 Å². The number of hydrogen-bond acceptors (Lipinski definition) is 0. The Labute approximate surface area is 68.9 Å². The molecule has 54 valence electrons. The average Bonchev–Trinajstić information content (AvgIpc) is 1.81. The van der Waals surface area contributed by atoms with E-state index in [1.807, 2.05) is 0 Å². The van der Waals surface area contributed by atoms with Gasteiger partial charge in [0.05, 0.1) is 0 Å². The molecule has 0 heterocycles.